The zero-order chi connectivity index (χ0) is 16.8. The Morgan fingerprint density at radius 3 is 2.26 bits per heavy atom. The minimum atomic E-state index is -0.619. The number of hydrogen-bond acceptors (Lipinski definition) is 3. The van der Waals surface area contributed by atoms with Gasteiger partial charge < -0.3 is 15.5 Å². The molecule has 1 aliphatic rings. The SMILES string of the molecule is CCN(CC)C(=O)C1CCN(C(=O)C(N)c2ccccc2)CC1. The molecule has 1 fully saturated rings. The van der Waals surface area contributed by atoms with E-state index in [1.54, 1.807) is 4.90 Å². The second-order valence-corrected chi connectivity index (χ2v) is 6.00. The van der Waals surface area contributed by atoms with Crippen LogP contribution in [0, 0.1) is 5.92 Å². The van der Waals surface area contributed by atoms with Gasteiger partial charge in [0.2, 0.25) is 11.8 Å². The molecule has 1 aromatic carbocycles. The molecular weight excluding hydrogens is 290 g/mol. The first-order valence-electron chi connectivity index (χ1n) is 8.46. The third-order valence-corrected chi connectivity index (χ3v) is 4.66. The number of carbonyl (C=O) groups excluding carboxylic acids is 2. The number of likely N-dealkylation sites (tertiary alicyclic amines) is 1. The van der Waals surface area contributed by atoms with Crippen molar-refractivity contribution in [2.24, 2.45) is 11.7 Å². The van der Waals surface area contributed by atoms with E-state index in [-0.39, 0.29) is 17.7 Å². The Bertz CT molecular complexity index is 520. The van der Waals surface area contributed by atoms with Crippen molar-refractivity contribution in [1.82, 2.24) is 9.80 Å². The predicted molar refractivity (Wildman–Crippen MR) is 90.6 cm³/mol. The fraction of sp³-hybridized carbons (Fsp3) is 0.556. The van der Waals surface area contributed by atoms with Gasteiger partial charge in [0.1, 0.15) is 6.04 Å². The van der Waals surface area contributed by atoms with Crippen molar-refractivity contribution < 1.29 is 9.59 Å². The van der Waals surface area contributed by atoms with Gasteiger partial charge in [-0.25, -0.2) is 0 Å². The molecule has 2 amide bonds. The van der Waals surface area contributed by atoms with Gasteiger partial charge in [0.05, 0.1) is 0 Å². The number of hydrogen-bond donors (Lipinski definition) is 1. The summed E-state index contributed by atoms with van der Waals surface area (Å²) in [6.45, 7) is 6.70. The summed E-state index contributed by atoms with van der Waals surface area (Å²) in [5, 5.41) is 0. The summed E-state index contributed by atoms with van der Waals surface area (Å²) in [6.07, 6.45) is 1.45. The highest BCUT2D eigenvalue weighted by atomic mass is 16.2. The van der Waals surface area contributed by atoms with Crippen LogP contribution in [0.5, 0.6) is 0 Å². The summed E-state index contributed by atoms with van der Waals surface area (Å²) < 4.78 is 0. The number of benzene rings is 1. The van der Waals surface area contributed by atoms with Crippen LogP contribution in [0.15, 0.2) is 30.3 Å². The third kappa shape index (κ3) is 4.10. The fourth-order valence-electron chi connectivity index (χ4n) is 3.14. The van der Waals surface area contributed by atoms with E-state index in [0.717, 1.165) is 31.5 Å². The van der Waals surface area contributed by atoms with E-state index < -0.39 is 6.04 Å². The van der Waals surface area contributed by atoms with Crippen LogP contribution in [-0.2, 0) is 9.59 Å². The molecule has 5 nitrogen and oxygen atoms in total. The van der Waals surface area contributed by atoms with Crippen LogP contribution in [0.4, 0.5) is 0 Å². The highest BCUT2D eigenvalue weighted by Crippen LogP contribution is 2.22. The smallest absolute Gasteiger partial charge is 0.244 e. The van der Waals surface area contributed by atoms with Gasteiger partial charge in [-0.05, 0) is 32.3 Å². The van der Waals surface area contributed by atoms with Gasteiger partial charge in [0.15, 0.2) is 0 Å². The maximum atomic E-state index is 12.5. The Labute approximate surface area is 138 Å². The molecule has 2 rings (SSSR count). The molecule has 0 bridgehead atoms. The molecule has 0 radical (unpaired) electrons. The summed E-state index contributed by atoms with van der Waals surface area (Å²) in [7, 11) is 0. The fourth-order valence-corrected chi connectivity index (χ4v) is 3.14. The van der Waals surface area contributed by atoms with Crippen molar-refractivity contribution in [1.29, 1.82) is 0 Å². The van der Waals surface area contributed by atoms with Crippen LogP contribution >= 0.6 is 0 Å². The maximum Gasteiger partial charge on any atom is 0.244 e. The van der Waals surface area contributed by atoms with Crippen molar-refractivity contribution in [2.75, 3.05) is 26.2 Å². The largest absolute Gasteiger partial charge is 0.343 e. The van der Waals surface area contributed by atoms with Crippen molar-refractivity contribution in [3.8, 4) is 0 Å². The first-order chi connectivity index (χ1) is 11.1. The Morgan fingerprint density at radius 2 is 1.74 bits per heavy atom. The zero-order valence-electron chi connectivity index (χ0n) is 14.1. The molecule has 1 aromatic rings. The minimum Gasteiger partial charge on any atom is -0.343 e. The molecule has 1 unspecified atom stereocenters. The summed E-state index contributed by atoms with van der Waals surface area (Å²) in [4.78, 5) is 28.6. The number of nitrogens with two attached hydrogens (primary N) is 1. The van der Waals surface area contributed by atoms with Crippen LogP contribution in [0.2, 0.25) is 0 Å². The Balaban J connectivity index is 1.91. The van der Waals surface area contributed by atoms with Crippen molar-refractivity contribution in [2.45, 2.75) is 32.7 Å². The average Bonchev–Trinajstić information content (AvgIpc) is 2.62. The second kappa shape index (κ2) is 8.11. The Morgan fingerprint density at radius 1 is 1.17 bits per heavy atom. The molecule has 0 spiro atoms. The molecule has 1 atom stereocenters. The first kappa shape index (κ1) is 17.5. The topological polar surface area (TPSA) is 66.6 Å². The van der Waals surface area contributed by atoms with Crippen molar-refractivity contribution >= 4 is 11.8 Å². The van der Waals surface area contributed by atoms with Gasteiger partial charge >= 0.3 is 0 Å². The van der Waals surface area contributed by atoms with Crippen LogP contribution in [0.3, 0.4) is 0 Å². The average molecular weight is 317 g/mol. The van der Waals surface area contributed by atoms with Gasteiger partial charge in [-0.1, -0.05) is 30.3 Å². The van der Waals surface area contributed by atoms with Crippen LogP contribution < -0.4 is 5.73 Å². The normalized spacial score (nSPS) is 16.9. The number of nitrogens with zero attached hydrogens (tertiary/aromatic N) is 2. The minimum absolute atomic E-state index is 0.0342. The third-order valence-electron chi connectivity index (χ3n) is 4.66. The Hall–Kier alpha value is -1.88. The highest BCUT2D eigenvalue weighted by molar-refractivity contribution is 5.84. The van der Waals surface area contributed by atoms with E-state index >= 15 is 0 Å². The van der Waals surface area contributed by atoms with Crippen molar-refractivity contribution in [3.63, 3.8) is 0 Å². The monoisotopic (exact) mass is 317 g/mol. The Kier molecular flexibility index (Phi) is 6.16. The molecule has 0 aliphatic carbocycles. The summed E-state index contributed by atoms with van der Waals surface area (Å²) in [5.74, 6) is 0.200. The van der Waals surface area contributed by atoms with Crippen LogP contribution in [0.25, 0.3) is 0 Å². The molecule has 126 valence electrons. The highest BCUT2D eigenvalue weighted by Gasteiger charge is 2.31. The van der Waals surface area contributed by atoms with E-state index in [1.807, 2.05) is 49.1 Å². The molecule has 1 saturated heterocycles. The lowest BCUT2D eigenvalue weighted by Gasteiger charge is -2.35. The van der Waals surface area contributed by atoms with Crippen LogP contribution in [-0.4, -0.2) is 47.8 Å². The van der Waals surface area contributed by atoms with Crippen molar-refractivity contribution in [3.05, 3.63) is 35.9 Å². The first-order valence-corrected chi connectivity index (χ1v) is 8.46. The molecular formula is C18H27N3O2. The molecule has 23 heavy (non-hydrogen) atoms. The lowest BCUT2D eigenvalue weighted by molar-refractivity contribution is -0.141. The summed E-state index contributed by atoms with van der Waals surface area (Å²) in [6, 6.07) is 8.81. The maximum absolute atomic E-state index is 12.5. The molecule has 5 heteroatoms. The van der Waals surface area contributed by atoms with Gasteiger partial charge in [-0.3, -0.25) is 9.59 Å². The summed E-state index contributed by atoms with van der Waals surface area (Å²) >= 11 is 0. The standard InChI is InChI=1S/C18H27N3O2/c1-3-20(4-2)17(22)15-10-12-21(13-11-15)18(23)16(19)14-8-6-5-7-9-14/h5-9,15-16H,3-4,10-13,19H2,1-2H3. The summed E-state index contributed by atoms with van der Waals surface area (Å²) in [5.41, 5.74) is 6.92. The molecule has 2 N–H and O–H groups in total. The van der Waals surface area contributed by atoms with Gasteiger partial charge in [-0.15, -0.1) is 0 Å². The second-order valence-electron chi connectivity index (χ2n) is 6.00. The van der Waals surface area contributed by atoms with Crippen LogP contribution in [0.1, 0.15) is 38.3 Å². The lowest BCUT2D eigenvalue weighted by Crippen LogP contribution is -2.46. The molecule has 0 aromatic heterocycles. The zero-order valence-corrected chi connectivity index (χ0v) is 14.1. The molecule has 1 aliphatic heterocycles. The van der Waals surface area contributed by atoms with Gasteiger partial charge in [0.25, 0.3) is 0 Å². The van der Waals surface area contributed by atoms with Gasteiger partial charge in [-0.2, -0.15) is 0 Å². The van der Waals surface area contributed by atoms with E-state index in [4.69, 9.17) is 5.73 Å². The quantitative estimate of drug-likeness (QED) is 0.900. The van der Waals surface area contributed by atoms with E-state index in [0.29, 0.717) is 13.1 Å². The number of piperidine rings is 1. The van der Waals surface area contributed by atoms with E-state index in [2.05, 4.69) is 0 Å². The number of amides is 2. The number of rotatable bonds is 5. The molecule has 1 heterocycles. The van der Waals surface area contributed by atoms with E-state index in [9.17, 15) is 9.59 Å². The lowest BCUT2D eigenvalue weighted by atomic mass is 9.94. The predicted octanol–water partition coefficient (Wildman–Crippen LogP) is 1.79. The van der Waals surface area contributed by atoms with Gasteiger partial charge in [0, 0.05) is 32.1 Å². The molecule has 0 saturated carbocycles. The van der Waals surface area contributed by atoms with E-state index in [1.165, 1.54) is 0 Å². The number of carbonyl (C=O) groups is 2.